The van der Waals surface area contributed by atoms with Gasteiger partial charge in [0.1, 0.15) is 18.4 Å². The van der Waals surface area contributed by atoms with Crippen LogP contribution in [-0.2, 0) is 17.8 Å². The average molecular weight is 368 g/mol. The van der Waals surface area contributed by atoms with E-state index in [2.05, 4.69) is 29.3 Å². The van der Waals surface area contributed by atoms with Gasteiger partial charge in [0.25, 0.3) is 0 Å². The lowest BCUT2D eigenvalue weighted by Crippen LogP contribution is -2.46. The van der Waals surface area contributed by atoms with Crippen molar-refractivity contribution in [2.24, 2.45) is 0 Å². The minimum absolute atomic E-state index is 0.204. The van der Waals surface area contributed by atoms with Gasteiger partial charge in [-0.05, 0) is 48.7 Å². The molecule has 5 heteroatoms. The summed E-state index contributed by atoms with van der Waals surface area (Å²) in [6.45, 7) is 4.05. The molecule has 1 heterocycles. The first-order valence-corrected chi connectivity index (χ1v) is 9.56. The zero-order chi connectivity index (χ0) is 19.2. The Hall–Kier alpha value is -2.37. The van der Waals surface area contributed by atoms with Crippen molar-refractivity contribution in [1.29, 1.82) is 0 Å². The van der Waals surface area contributed by atoms with Crippen molar-refractivity contribution in [2.45, 2.75) is 38.4 Å². The summed E-state index contributed by atoms with van der Waals surface area (Å²) in [4.78, 5) is 14.4. The van der Waals surface area contributed by atoms with Crippen LogP contribution in [0.2, 0.25) is 0 Å². The topological polar surface area (TPSA) is 61.8 Å². The Kier molecular flexibility index (Phi) is 6.48. The third kappa shape index (κ3) is 4.49. The number of likely N-dealkylation sites (N-methyl/N-ethyl adjacent to an activating group) is 1. The summed E-state index contributed by atoms with van der Waals surface area (Å²) in [5.41, 5.74) is 3.09. The van der Waals surface area contributed by atoms with Crippen LogP contribution < -0.4 is 10.1 Å². The molecule has 0 spiro atoms. The molecule has 144 valence electrons. The van der Waals surface area contributed by atoms with Crippen LogP contribution in [0.5, 0.6) is 5.75 Å². The zero-order valence-electron chi connectivity index (χ0n) is 16.0. The quantitative estimate of drug-likeness (QED) is 0.701. The molecule has 1 aliphatic rings. The molecule has 0 aliphatic carbocycles. The van der Waals surface area contributed by atoms with E-state index in [4.69, 9.17) is 4.74 Å². The SMILES string of the molecule is CC[C@H]1Cc2ccc(OCCNC)cc2C(C(=O)O)N1Cc1ccccc1. The summed E-state index contributed by atoms with van der Waals surface area (Å²) in [7, 11) is 1.88. The molecule has 5 nitrogen and oxygen atoms in total. The number of ether oxygens (including phenoxy) is 1. The molecule has 0 bridgehead atoms. The minimum Gasteiger partial charge on any atom is -0.492 e. The predicted octanol–water partition coefficient (Wildman–Crippen LogP) is 3.25. The fourth-order valence-corrected chi connectivity index (χ4v) is 3.80. The first kappa shape index (κ1) is 19.4. The number of nitrogens with zero attached hydrogens (tertiary/aromatic N) is 1. The summed E-state index contributed by atoms with van der Waals surface area (Å²) >= 11 is 0. The second kappa shape index (κ2) is 9.02. The van der Waals surface area contributed by atoms with Gasteiger partial charge in [-0.25, -0.2) is 0 Å². The van der Waals surface area contributed by atoms with Crippen molar-refractivity contribution in [3.63, 3.8) is 0 Å². The molecular formula is C22H28N2O3. The van der Waals surface area contributed by atoms with E-state index in [9.17, 15) is 9.90 Å². The molecule has 0 fully saturated rings. The Morgan fingerprint density at radius 1 is 1.26 bits per heavy atom. The molecule has 1 aliphatic heterocycles. The van der Waals surface area contributed by atoms with Gasteiger partial charge in [0.05, 0.1) is 0 Å². The van der Waals surface area contributed by atoms with Gasteiger partial charge >= 0.3 is 5.97 Å². The van der Waals surface area contributed by atoms with E-state index in [-0.39, 0.29) is 6.04 Å². The van der Waals surface area contributed by atoms with Crippen LogP contribution in [-0.4, -0.2) is 42.2 Å². The van der Waals surface area contributed by atoms with Crippen molar-refractivity contribution >= 4 is 5.97 Å². The van der Waals surface area contributed by atoms with Gasteiger partial charge in [-0.1, -0.05) is 43.3 Å². The lowest BCUT2D eigenvalue weighted by molar-refractivity contribution is -0.145. The van der Waals surface area contributed by atoms with Crippen molar-refractivity contribution in [1.82, 2.24) is 10.2 Å². The number of rotatable bonds is 8. The van der Waals surface area contributed by atoms with Crippen molar-refractivity contribution < 1.29 is 14.6 Å². The first-order valence-electron chi connectivity index (χ1n) is 9.56. The van der Waals surface area contributed by atoms with Gasteiger partial charge in [-0.15, -0.1) is 0 Å². The van der Waals surface area contributed by atoms with Gasteiger partial charge in [0, 0.05) is 19.1 Å². The molecule has 2 N–H and O–H groups in total. The third-order valence-electron chi connectivity index (χ3n) is 5.20. The molecule has 1 unspecified atom stereocenters. The smallest absolute Gasteiger partial charge is 0.325 e. The lowest BCUT2D eigenvalue weighted by atomic mass is 9.86. The molecule has 2 aromatic rings. The van der Waals surface area contributed by atoms with Gasteiger partial charge in [0.15, 0.2) is 0 Å². The largest absolute Gasteiger partial charge is 0.492 e. The number of carboxylic acids is 1. The van der Waals surface area contributed by atoms with Crippen LogP contribution in [0.15, 0.2) is 48.5 Å². The van der Waals surface area contributed by atoms with E-state index >= 15 is 0 Å². The number of benzene rings is 2. The van der Waals surface area contributed by atoms with Crippen LogP contribution in [0.3, 0.4) is 0 Å². The molecule has 27 heavy (non-hydrogen) atoms. The summed E-state index contributed by atoms with van der Waals surface area (Å²) in [6, 6.07) is 15.5. The Morgan fingerprint density at radius 2 is 2.04 bits per heavy atom. The molecule has 2 atom stereocenters. The van der Waals surface area contributed by atoms with Crippen molar-refractivity contribution in [3.8, 4) is 5.75 Å². The normalized spacial score (nSPS) is 19.5. The molecule has 3 rings (SSSR count). The van der Waals surface area contributed by atoms with Gasteiger partial charge in [0.2, 0.25) is 0 Å². The minimum atomic E-state index is -0.808. The number of hydrogen-bond donors (Lipinski definition) is 2. The van der Waals surface area contributed by atoms with E-state index in [1.807, 2.05) is 43.4 Å². The highest BCUT2D eigenvalue weighted by Gasteiger charge is 2.38. The summed E-state index contributed by atoms with van der Waals surface area (Å²) < 4.78 is 5.77. The second-order valence-electron chi connectivity index (χ2n) is 6.98. The Bertz CT molecular complexity index is 763. The summed E-state index contributed by atoms with van der Waals surface area (Å²) in [5.74, 6) is -0.0810. The monoisotopic (exact) mass is 368 g/mol. The van der Waals surface area contributed by atoms with Crippen LogP contribution in [0.4, 0.5) is 0 Å². The third-order valence-corrected chi connectivity index (χ3v) is 5.20. The number of carbonyl (C=O) groups is 1. The fraction of sp³-hybridized carbons (Fsp3) is 0.409. The molecule has 0 saturated carbocycles. The van der Waals surface area contributed by atoms with Crippen LogP contribution >= 0.6 is 0 Å². The molecule has 0 saturated heterocycles. The Balaban J connectivity index is 1.93. The average Bonchev–Trinajstić information content (AvgIpc) is 2.68. The van der Waals surface area contributed by atoms with E-state index < -0.39 is 12.0 Å². The maximum absolute atomic E-state index is 12.3. The molecule has 0 radical (unpaired) electrons. The van der Waals surface area contributed by atoms with E-state index in [1.165, 1.54) is 0 Å². The Morgan fingerprint density at radius 3 is 2.70 bits per heavy atom. The highest BCUT2D eigenvalue weighted by atomic mass is 16.5. The number of carboxylic acid groups (broad SMARTS) is 1. The highest BCUT2D eigenvalue weighted by molar-refractivity contribution is 5.77. The maximum Gasteiger partial charge on any atom is 0.325 e. The van der Waals surface area contributed by atoms with Crippen molar-refractivity contribution in [2.75, 3.05) is 20.2 Å². The van der Waals surface area contributed by atoms with Gasteiger partial charge in [-0.2, -0.15) is 0 Å². The van der Waals surface area contributed by atoms with Crippen LogP contribution in [0.25, 0.3) is 0 Å². The van der Waals surface area contributed by atoms with Gasteiger partial charge < -0.3 is 15.2 Å². The zero-order valence-corrected chi connectivity index (χ0v) is 16.0. The molecule has 0 amide bonds. The second-order valence-corrected chi connectivity index (χ2v) is 6.98. The molecule has 2 aromatic carbocycles. The first-order chi connectivity index (χ1) is 13.1. The molecule has 0 aromatic heterocycles. The molecular weight excluding hydrogens is 340 g/mol. The summed E-state index contributed by atoms with van der Waals surface area (Å²) in [6.07, 6.45) is 1.77. The number of fused-ring (bicyclic) bond motifs is 1. The predicted molar refractivity (Wildman–Crippen MR) is 106 cm³/mol. The Labute approximate surface area is 161 Å². The van der Waals surface area contributed by atoms with Crippen molar-refractivity contribution in [3.05, 3.63) is 65.2 Å². The maximum atomic E-state index is 12.3. The van der Waals surface area contributed by atoms with E-state index in [0.29, 0.717) is 13.2 Å². The summed E-state index contributed by atoms with van der Waals surface area (Å²) in [5, 5.41) is 13.1. The highest BCUT2D eigenvalue weighted by Crippen LogP contribution is 2.37. The van der Waals surface area contributed by atoms with Gasteiger partial charge in [-0.3, -0.25) is 9.69 Å². The fourth-order valence-electron chi connectivity index (χ4n) is 3.80. The number of aliphatic carboxylic acids is 1. The van der Waals surface area contributed by atoms with E-state index in [1.54, 1.807) is 0 Å². The van der Waals surface area contributed by atoms with Crippen LogP contribution in [0.1, 0.15) is 36.1 Å². The lowest BCUT2D eigenvalue weighted by Gasteiger charge is -2.41. The number of hydrogen-bond acceptors (Lipinski definition) is 4. The standard InChI is InChI=1S/C22H28N2O3/c1-3-18-13-17-9-10-19(27-12-11-23-2)14-20(17)21(22(25)26)24(18)15-16-7-5-4-6-8-16/h4-10,14,18,21,23H,3,11-13,15H2,1-2H3,(H,25,26)/t18-,21?/m0/s1. The number of nitrogens with one attached hydrogen (secondary N) is 1. The van der Waals surface area contributed by atoms with Crippen LogP contribution in [0, 0.1) is 0 Å². The van der Waals surface area contributed by atoms with E-state index in [0.717, 1.165) is 41.8 Å².